The summed E-state index contributed by atoms with van der Waals surface area (Å²) < 4.78 is 0.954. The Bertz CT molecular complexity index is 647. The topological polar surface area (TPSA) is 64.9 Å². The van der Waals surface area contributed by atoms with Crippen LogP contribution in [0.1, 0.15) is 5.56 Å². The lowest BCUT2D eigenvalue weighted by molar-refractivity contribution is -0.114. The zero-order valence-corrected chi connectivity index (χ0v) is 12.1. The van der Waals surface area contributed by atoms with Crippen LogP contribution in [0.15, 0.2) is 53.0 Å². The van der Waals surface area contributed by atoms with Crippen LogP contribution in [0, 0.1) is 11.3 Å². The van der Waals surface area contributed by atoms with Gasteiger partial charge in [-0.2, -0.15) is 5.26 Å². The van der Waals surface area contributed by atoms with Crippen LogP contribution in [0.5, 0.6) is 0 Å². The van der Waals surface area contributed by atoms with Crippen LogP contribution in [0.25, 0.3) is 0 Å². The van der Waals surface area contributed by atoms with Gasteiger partial charge in [-0.25, -0.2) is 0 Å². The van der Waals surface area contributed by atoms with Crippen molar-refractivity contribution in [1.29, 1.82) is 5.26 Å². The zero-order chi connectivity index (χ0) is 14.4. The third kappa shape index (κ3) is 4.11. The van der Waals surface area contributed by atoms with Crippen LogP contribution >= 0.6 is 15.9 Å². The van der Waals surface area contributed by atoms with Gasteiger partial charge in [-0.05, 0) is 42.5 Å². The monoisotopic (exact) mass is 329 g/mol. The molecular formula is C15H12BrN3O. The highest BCUT2D eigenvalue weighted by molar-refractivity contribution is 9.10. The van der Waals surface area contributed by atoms with Crippen molar-refractivity contribution in [3.63, 3.8) is 0 Å². The summed E-state index contributed by atoms with van der Waals surface area (Å²) in [5, 5.41) is 14.5. The minimum absolute atomic E-state index is 0.144. The molecule has 0 radical (unpaired) electrons. The van der Waals surface area contributed by atoms with Crippen molar-refractivity contribution >= 4 is 33.2 Å². The summed E-state index contributed by atoms with van der Waals surface area (Å²) in [5.41, 5.74) is 2.11. The van der Waals surface area contributed by atoms with Gasteiger partial charge in [-0.15, -0.1) is 0 Å². The average molecular weight is 330 g/mol. The number of nitrogens with zero attached hydrogens (tertiary/aromatic N) is 1. The molecule has 0 saturated carbocycles. The van der Waals surface area contributed by atoms with Crippen LogP contribution in [0.3, 0.4) is 0 Å². The molecule has 2 rings (SSSR count). The van der Waals surface area contributed by atoms with E-state index in [0.29, 0.717) is 11.3 Å². The largest absolute Gasteiger partial charge is 0.376 e. The predicted octanol–water partition coefficient (Wildman–Crippen LogP) is 3.37. The summed E-state index contributed by atoms with van der Waals surface area (Å²) in [5.74, 6) is -0.144. The Balaban J connectivity index is 1.87. The van der Waals surface area contributed by atoms with Gasteiger partial charge in [0.1, 0.15) is 0 Å². The van der Waals surface area contributed by atoms with Crippen molar-refractivity contribution in [3.05, 3.63) is 58.6 Å². The molecule has 2 aromatic rings. The number of nitriles is 1. The standard InChI is InChI=1S/C15H12BrN3O/c16-12-2-1-3-14(8-12)18-10-15(20)19-13-6-4-11(9-17)5-7-13/h1-8,18H,10H2,(H,19,20). The van der Waals surface area contributed by atoms with Gasteiger partial charge in [0.2, 0.25) is 5.91 Å². The van der Waals surface area contributed by atoms with Gasteiger partial charge in [-0.1, -0.05) is 22.0 Å². The maximum atomic E-state index is 11.8. The van der Waals surface area contributed by atoms with E-state index in [0.717, 1.165) is 10.2 Å². The summed E-state index contributed by atoms with van der Waals surface area (Å²) >= 11 is 3.37. The van der Waals surface area contributed by atoms with E-state index in [4.69, 9.17) is 5.26 Å². The van der Waals surface area contributed by atoms with E-state index < -0.39 is 0 Å². The van der Waals surface area contributed by atoms with Gasteiger partial charge in [0.15, 0.2) is 0 Å². The van der Waals surface area contributed by atoms with Crippen LogP contribution in [-0.4, -0.2) is 12.5 Å². The molecule has 0 aliphatic heterocycles. The quantitative estimate of drug-likeness (QED) is 0.903. The number of carbonyl (C=O) groups excluding carboxylic acids is 1. The Morgan fingerprint density at radius 2 is 1.90 bits per heavy atom. The molecular weight excluding hydrogens is 318 g/mol. The van der Waals surface area contributed by atoms with Gasteiger partial charge in [0, 0.05) is 15.8 Å². The van der Waals surface area contributed by atoms with E-state index in [1.807, 2.05) is 30.3 Å². The molecule has 1 amide bonds. The van der Waals surface area contributed by atoms with E-state index in [2.05, 4.69) is 26.6 Å². The van der Waals surface area contributed by atoms with Crippen LogP contribution < -0.4 is 10.6 Å². The van der Waals surface area contributed by atoms with Crippen molar-refractivity contribution in [2.24, 2.45) is 0 Å². The molecule has 0 aromatic heterocycles. The fourth-order valence-corrected chi connectivity index (χ4v) is 2.01. The number of nitrogens with one attached hydrogen (secondary N) is 2. The number of carbonyl (C=O) groups is 1. The molecule has 0 spiro atoms. The summed E-state index contributed by atoms with van der Waals surface area (Å²) in [6.07, 6.45) is 0. The molecule has 20 heavy (non-hydrogen) atoms. The van der Waals surface area contributed by atoms with E-state index >= 15 is 0 Å². The molecule has 0 aliphatic carbocycles. The van der Waals surface area contributed by atoms with Crippen molar-refractivity contribution in [3.8, 4) is 6.07 Å². The third-order valence-corrected chi connectivity index (χ3v) is 3.07. The second kappa shape index (κ2) is 6.73. The first-order valence-corrected chi connectivity index (χ1v) is 6.76. The molecule has 0 unspecified atom stereocenters. The van der Waals surface area contributed by atoms with Gasteiger partial charge in [-0.3, -0.25) is 4.79 Å². The fraction of sp³-hybridized carbons (Fsp3) is 0.0667. The molecule has 2 N–H and O–H groups in total. The summed E-state index contributed by atoms with van der Waals surface area (Å²) in [7, 11) is 0. The van der Waals surface area contributed by atoms with E-state index in [9.17, 15) is 4.79 Å². The Kier molecular flexibility index (Phi) is 4.75. The number of hydrogen-bond donors (Lipinski definition) is 2. The number of rotatable bonds is 4. The number of hydrogen-bond acceptors (Lipinski definition) is 3. The lowest BCUT2D eigenvalue weighted by Crippen LogP contribution is -2.21. The molecule has 5 heteroatoms. The number of halogens is 1. The molecule has 4 nitrogen and oxygen atoms in total. The molecule has 0 atom stereocenters. The fourth-order valence-electron chi connectivity index (χ4n) is 1.61. The maximum absolute atomic E-state index is 11.8. The second-order valence-corrected chi connectivity index (χ2v) is 5.02. The molecule has 2 aromatic carbocycles. The highest BCUT2D eigenvalue weighted by atomic mass is 79.9. The smallest absolute Gasteiger partial charge is 0.243 e. The third-order valence-electron chi connectivity index (χ3n) is 2.58. The van der Waals surface area contributed by atoms with E-state index in [1.165, 1.54) is 0 Å². The first kappa shape index (κ1) is 14.1. The summed E-state index contributed by atoms with van der Waals surface area (Å²) in [4.78, 5) is 11.8. The Labute approximate surface area is 125 Å². The second-order valence-electron chi connectivity index (χ2n) is 4.10. The summed E-state index contributed by atoms with van der Waals surface area (Å²) in [6, 6.07) is 16.4. The highest BCUT2D eigenvalue weighted by Gasteiger charge is 2.02. The van der Waals surface area contributed by atoms with E-state index in [-0.39, 0.29) is 12.5 Å². The predicted molar refractivity (Wildman–Crippen MR) is 82.4 cm³/mol. The number of amides is 1. The van der Waals surface area contributed by atoms with Gasteiger partial charge in [0.25, 0.3) is 0 Å². The Morgan fingerprint density at radius 3 is 2.55 bits per heavy atom. The van der Waals surface area contributed by atoms with Crippen molar-refractivity contribution in [1.82, 2.24) is 0 Å². The molecule has 0 heterocycles. The van der Waals surface area contributed by atoms with Crippen LogP contribution in [0.4, 0.5) is 11.4 Å². The Morgan fingerprint density at radius 1 is 1.15 bits per heavy atom. The lowest BCUT2D eigenvalue weighted by atomic mass is 10.2. The number of anilines is 2. The minimum Gasteiger partial charge on any atom is -0.376 e. The maximum Gasteiger partial charge on any atom is 0.243 e. The molecule has 0 fully saturated rings. The van der Waals surface area contributed by atoms with Gasteiger partial charge in [0.05, 0.1) is 18.2 Å². The molecule has 0 saturated heterocycles. The lowest BCUT2D eigenvalue weighted by Gasteiger charge is -2.08. The average Bonchev–Trinajstić information content (AvgIpc) is 2.46. The van der Waals surface area contributed by atoms with Crippen molar-refractivity contribution < 1.29 is 4.79 Å². The first-order chi connectivity index (χ1) is 9.67. The van der Waals surface area contributed by atoms with Crippen molar-refractivity contribution in [2.45, 2.75) is 0 Å². The van der Waals surface area contributed by atoms with Gasteiger partial charge >= 0.3 is 0 Å². The number of benzene rings is 2. The Hall–Kier alpha value is -2.32. The first-order valence-electron chi connectivity index (χ1n) is 5.97. The van der Waals surface area contributed by atoms with Crippen molar-refractivity contribution in [2.75, 3.05) is 17.2 Å². The minimum atomic E-state index is -0.144. The zero-order valence-electron chi connectivity index (χ0n) is 10.6. The normalized spacial score (nSPS) is 9.60. The SMILES string of the molecule is N#Cc1ccc(NC(=O)CNc2cccc(Br)c2)cc1. The molecule has 100 valence electrons. The molecule has 0 aliphatic rings. The molecule has 0 bridgehead atoms. The van der Waals surface area contributed by atoms with Crippen LogP contribution in [-0.2, 0) is 4.79 Å². The van der Waals surface area contributed by atoms with Gasteiger partial charge < -0.3 is 10.6 Å². The summed E-state index contributed by atoms with van der Waals surface area (Å²) in [6.45, 7) is 0.177. The van der Waals surface area contributed by atoms with Crippen LogP contribution in [0.2, 0.25) is 0 Å². The van der Waals surface area contributed by atoms with E-state index in [1.54, 1.807) is 24.3 Å². The highest BCUT2D eigenvalue weighted by Crippen LogP contribution is 2.15.